The molecule has 0 saturated carbocycles. The van der Waals surface area contributed by atoms with Gasteiger partial charge in [0.25, 0.3) is 5.91 Å². The summed E-state index contributed by atoms with van der Waals surface area (Å²) in [5.41, 5.74) is 5.69. The Morgan fingerprint density at radius 2 is 1.77 bits per heavy atom. The number of carbonyl (C=O) groups excluding carboxylic acids is 1. The minimum atomic E-state index is -0.260. The Hall–Kier alpha value is -3.60. The van der Waals surface area contributed by atoms with Crippen molar-refractivity contribution in [1.82, 2.24) is 14.9 Å². The van der Waals surface area contributed by atoms with Crippen LogP contribution < -0.4 is 10.1 Å². The molecule has 0 aliphatic carbocycles. The zero-order valence-electron chi connectivity index (χ0n) is 18.1. The van der Waals surface area contributed by atoms with Crippen LogP contribution in [0.3, 0.4) is 0 Å². The molecule has 31 heavy (non-hydrogen) atoms. The highest BCUT2D eigenvalue weighted by Crippen LogP contribution is 2.23. The molecule has 1 heterocycles. The van der Waals surface area contributed by atoms with Crippen LogP contribution in [0.15, 0.2) is 72.8 Å². The number of rotatable bonds is 7. The average Bonchev–Trinajstić information content (AvgIpc) is 3.14. The van der Waals surface area contributed by atoms with Crippen LogP contribution in [0.5, 0.6) is 5.75 Å². The van der Waals surface area contributed by atoms with Crippen LogP contribution in [0.4, 0.5) is 0 Å². The number of amides is 1. The molecule has 0 fully saturated rings. The highest BCUT2D eigenvalue weighted by atomic mass is 16.5. The van der Waals surface area contributed by atoms with Crippen molar-refractivity contribution in [2.45, 2.75) is 33.4 Å². The zero-order chi connectivity index (χ0) is 21.8. The van der Waals surface area contributed by atoms with E-state index in [-0.39, 0.29) is 18.6 Å². The molecular weight excluding hydrogens is 386 g/mol. The lowest BCUT2D eigenvalue weighted by molar-refractivity contribution is -0.123. The molecule has 0 aliphatic heterocycles. The minimum Gasteiger partial charge on any atom is -0.484 e. The second-order valence-corrected chi connectivity index (χ2v) is 7.87. The molecule has 4 rings (SSSR count). The molecule has 1 N–H and O–H groups in total. The van der Waals surface area contributed by atoms with Crippen LogP contribution >= 0.6 is 0 Å². The van der Waals surface area contributed by atoms with E-state index in [0.29, 0.717) is 12.3 Å². The van der Waals surface area contributed by atoms with Crippen LogP contribution in [0.1, 0.15) is 35.5 Å². The van der Waals surface area contributed by atoms with E-state index in [1.165, 1.54) is 16.7 Å². The van der Waals surface area contributed by atoms with Crippen LogP contribution in [-0.2, 0) is 11.3 Å². The fraction of sp³-hybridized carbons (Fsp3) is 0.231. The summed E-state index contributed by atoms with van der Waals surface area (Å²) in [5, 5.41) is 3.03. The number of hydrogen-bond donors (Lipinski definition) is 1. The van der Waals surface area contributed by atoms with Gasteiger partial charge in [-0.2, -0.15) is 0 Å². The third-order valence-corrected chi connectivity index (χ3v) is 5.40. The molecule has 0 aliphatic rings. The Bertz CT molecular complexity index is 1200. The standard InChI is InChI=1S/C26H27N3O2/c1-18-13-14-19(2)21(15-18)16-29-24-12-8-7-11-23(24)28-26(29)20(3)27-25(30)17-31-22-9-5-4-6-10-22/h4-15,20H,16-17H2,1-3H3,(H,27,30). The molecule has 158 valence electrons. The SMILES string of the molecule is Cc1ccc(C)c(Cn2c(C(C)NC(=O)COc3ccccc3)nc3ccccc32)c1. The molecular formula is C26H27N3O2. The van der Waals surface area contributed by atoms with Gasteiger partial charge >= 0.3 is 0 Å². The van der Waals surface area contributed by atoms with Gasteiger partial charge in [-0.3, -0.25) is 4.79 Å². The van der Waals surface area contributed by atoms with E-state index in [9.17, 15) is 4.79 Å². The lowest BCUT2D eigenvalue weighted by Gasteiger charge is -2.18. The first-order valence-electron chi connectivity index (χ1n) is 10.5. The number of imidazole rings is 1. The molecule has 5 nitrogen and oxygen atoms in total. The predicted molar refractivity (Wildman–Crippen MR) is 123 cm³/mol. The summed E-state index contributed by atoms with van der Waals surface area (Å²) >= 11 is 0. The highest BCUT2D eigenvalue weighted by molar-refractivity contribution is 5.79. The van der Waals surface area contributed by atoms with Gasteiger partial charge in [0.2, 0.25) is 0 Å². The zero-order valence-corrected chi connectivity index (χ0v) is 18.1. The number of benzene rings is 3. The molecule has 1 aromatic heterocycles. The van der Waals surface area contributed by atoms with E-state index in [1.54, 1.807) is 0 Å². The van der Waals surface area contributed by atoms with Gasteiger partial charge in [-0.1, -0.05) is 54.1 Å². The molecule has 5 heteroatoms. The number of para-hydroxylation sites is 3. The molecule has 1 amide bonds. The van der Waals surface area contributed by atoms with E-state index in [0.717, 1.165) is 16.9 Å². The summed E-state index contributed by atoms with van der Waals surface area (Å²) < 4.78 is 7.77. The van der Waals surface area contributed by atoms with Crippen molar-refractivity contribution in [2.75, 3.05) is 6.61 Å². The molecule has 0 bridgehead atoms. The second kappa shape index (κ2) is 9.04. The second-order valence-electron chi connectivity index (χ2n) is 7.87. The summed E-state index contributed by atoms with van der Waals surface area (Å²) in [6, 6.07) is 23.6. The summed E-state index contributed by atoms with van der Waals surface area (Å²) in [6.07, 6.45) is 0. The Morgan fingerprint density at radius 3 is 2.58 bits per heavy atom. The number of fused-ring (bicyclic) bond motifs is 1. The summed E-state index contributed by atoms with van der Waals surface area (Å²) in [4.78, 5) is 17.4. The first kappa shape index (κ1) is 20.7. The molecule has 3 aromatic carbocycles. The number of ether oxygens (including phenoxy) is 1. The van der Waals surface area contributed by atoms with Crippen LogP contribution in [0.25, 0.3) is 11.0 Å². The molecule has 1 atom stereocenters. The maximum atomic E-state index is 12.5. The van der Waals surface area contributed by atoms with Gasteiger partial charge in [0.1, 0.15) is 11.6 Å². The normalized spacial score (nSPS) is 12.0. The van der Waals surface area contributed by atoms with Crippen molar-refractivity contribution in [3.63, 3.8) is 0 Å². The van der Waals surface area contributed by atoms with Crippen LogP contribution in [0, 0.1) is 13.8 Å². The maximum absolute atomic E-state index is 12.5. The van der Waals surface area contributed by atoms with E-state index < -0.39 is 0 Å². The van der Waals surface area contributed by atoms with Crippen molar-refractivity contribution < 1.29 is 9.53 Å². The van der Waals surface area contributed by atoms with Gasteiger partial charge in [-0.25, -0.2) is 4.98 Å². The summed E-state index contributed by atoms with van der Waals surface area (Å²) in [6.45, 7) is 6.85. The number of nitrogens with zero attached hydrogens (tertiary/aromatic N) is 2. The number of nitrogens with one attached hydrogen (secondary N) is 1. The fourth-order valence-electron chi connectivity index (χ4n) is 3.75. The topological polar surface area (TPSA) is 56.2 Å². The van der Waals surface area contributed by atoms with Crippen molar-refractivity contribution in [2.24, 2.45) is 0 Å². The van der Waals surface area contributed by atoms with Gasteiger partial charge in [-0.15, -0.1) is 0 Å². The first-order chi connectivity index (χ1) is 15.0. The quantitative estimate of drug-likeness (QED) is 0.466. The monoisotopic (exact) mass is 413 g/mol. The molecule has 0 radical (unpaired) electrons. The maximum Gasteiger partial charge on any atom is 0.258 e. The fourth-order valence-corrected chi connectivity index (χ4v) is 3.75. The number of carbonyl (C=O) groups is 1. The Balaban J connectivity index is 1.57. The van der Waals surface area contributed by atoms with Crippen molar-refractivity contribution >= 4 is 16.9 Å². The smallest absolute Gasteiger partial charge is 0.258 e. The van der Waals surface area contributed by atoms with Gasteiger partial charge in [-0.05, 0) is 56.2 Å². The Morgan fingerprint density at radius 1 is 1.03 bits per heavy atom. The van der Waals surface area contributed by atoms with Crippen molar-refractivity contribution in [1.29, 1.82) is 0 Å². The van der Waals surface area contributed by atoms with E-state index in [2.05, 4.69) is 48.0 Å². The number of hydrogen-bond acceptors (Lipinski definition) is 3. The van der Waals surface area contributed by atoms with Crippen molar-refractivity contribution in [3.05, 3.63) is 95.3 Å². The van der Waals surface area contributed by atoms with Gasteiger partial charge in [0, 0.05) is 6.54 Å². The third kappa shape index (κ3) is 4.77. The minimum absolute atomic E-state index is 0.0361. The van der Waals surface area contributed by atoms with E-state index in [4.69, 9.17) is 9.72 Å². The van der Waals surface area contributed by atoms with E-state index >= 15 is 0 Å². The first-order valence-corrected chi connectivity index (χ1v) is 10.5. The van der Waals surface area contributed by atoms with Crippen LogP contribution in [-0.4, -0.2) is 22.1 Å². The lowest BCUT2D eigenvalue weighted by atomic mass is 10.1. The molecule has 4 aromatic rings. The molecule has 0 spiro atoms. The Labute approximate surface area is 182 Å². The Kier molecular flexibility index (Phi) is 6.03. The predicted octanol–water partition coefficient (Wildman–Crippen LogP) is 4.96. The number of aromatic nitrogens is 2. The molecule has 1 unspecified atom stereocenters. The summed E-state index contributed by atoms with van der Waals surface area (Å²) in [7, 11) is 0. The third-order valence-electron chi connectivity index (χ3n) is 5.40. The van der Waals surface area contributed by atoms with Crippen LogP contribution in [0.2, 0.25) is 0 Å². The average molecular weight is 414 g/mol. The van der Waals surface area contributed by atoms with Gasteiger partial charge in [0.05, 0.1) is 17.1 Å². The number of aryl methyl sites for hydroxylation is 2. The largest absolute Gasteiger partial charge is 0.484 e. The van der Waals surface area contributed by atoms with Crippen molar-refractivity contribution in [3.8, 4) is 5.75 Å². The van der Waals surface area contributed by atoms with Gasteiger partial charge in [0.15, 0.2) is 6.61 Å². The van der Waals surface area contributed by atoms with E-state index in [1.807, 2.05) is 55.5 Å². The highest BCUT2D eigenvalue weighted by Gasteiger charge is 2.19. The lowest BCUT2D eigenvalue weighted by Crippen LogP contribution is -2.32. The van der Waals surface area contributed by atoms with Gasteiger partial charge < -0.3 is 14.6 Å². The summed E-state index contributed by atoms with van der Waals surface area (Å²) in [5.74, 6) is 1.32. The molecule has 0 saturated heterocycles.